The maximum Gasteiger partial charge on any atom is 0.254 e. The van der Waals surface area contributed by atoms with Crippen LogP contribution in [0, 0.1) is 12.7 Å². The number of benzene rings is 1. The maximum atomic E-state index is 13.7. The van der Waals surface area contributed by atoms with E-state index in [9.17, 15) is 9.18 Å². The minimum absolute atomic E-state index is 0.109. The van der Waals surface area contributed by atoms with Crippen LogP contribution < -0.4 is 5.32 Å². The van der Waals surface area contributed by atoms with Crippen molar-refractivity contribution in [2.75, 3.05) is 0 Å². The number of halogens is 1. The summed E-state index contributed by atoms with van der Waals surface area (Å²) < 4.78 is 13.7. The van der Waals surface area contributed by atoms with E-state index in [1.807, 2.05) is 0 Å². The molecule has 1 aromatic rings. The summed E-state index contributed by atoms with van der Waals surface area (Å²) in [6.07, 6.45) is 4.76. The van der Waals surface area contributed by atoms with E-state index in [1.165, 1.54) is 6.07 Å². The summed E-state index contributed by atoms with van der Waals surface area (Å²) in [4.78, 5) is 11.9. The standard InChI is InChI=1S/C14H16FNO/c1-3-10-8-12(13(15)7-9(10)2)14(17)16-11-5-4-6-11/h3,7-8,11H,1,4-6H2,2H3,(H,16,17). The van der Waals surface area contributed by atoms with Crippen LogP contribution in [0.25, 0.3) is 6.08 Å². The summed E-state index contributed by atoms with van der Waals surface area (Å²) in [5, 5.41) is 2.83. The molecule has 2 nitrogen and oxygen atoms in total. The van der Waals surface area contributed by atoms with E-state index in [2.05, 4.69) is 11.9 Å². The molecule has 2 rings (SSSR count). The topological polar surface area (TPSA) is 29.1 Å². The van der Waals surface area contributed by atoms with Gasteiger partial charge in [-0.2, -0.15) is 0 Å². The summed E-state index contributed by atoms with van der Waals surface area (Å²) >= 11 is 0. The number of hydrogen-bond donors (Lipinski definition) is 1. The van der Waals surface area contributed by atoms with Crippen molar-refractivity contribution in [3.05, 3.63) is 41.2 Å². The van der Waals surface area contributed by atoms with Crippen LogP contribution in [-0.4, -0.2) is 11.9 Å². The Morgan fingerprint density at radius 1 is 1.53 bits per heavy atom. The van der Waals surface area contributed by atoms with Crippen molar-refractivity contribution in [3.8, 4) is 0 Å². The lowest BCUT2D eigenvalue weighted by Gasteiger charge is -2.26. The Morgan fingerprint density at radius 2 is 2.24 bits per heavy atom. The zero-order valence-electron chi connectivity index (χ0n) is 9.92. The lowest BCUT2D eigenvalue weighted by Crippen LogP contribution is -2.39. The SMILES string of the molecule is C=Cc1cc(C(=O)NC2CCC2)c(F)cc1C. The molecule has 0 unspecified atom stereocenters. The van der Waals surface area contributed by atoms with E-state index in [4.69, 9.17) is 0 Å². The van der Waals surface area contributed by atoms with Gasteiger partial charge in [-0.25, -0.2) is 4.39 Å². The number of nitrogens with one attached hydrogen (secondary N) is 1. The smallest absolute Gasteiger partial charge is 0.254 e. The van der Waals surface area contributed by atoms with Crippen molar-refractivity contribution in [1.29, 1.82) is 0 Å². The first kappa shape index (κ1) is 11.8. The highest BCUT2D eigenvalue weighted by atomic mass is 19.1. The number of carbonyl (C=O) groups is 1. The van der Waals surface area contributed by atoms with E-state index < -0.39 is 5.82 Å². The third kappa shape index (κ3) is 2.38. The number of amides is 1. The van der Waals surface area contributed by atoms with Gasteiger partial charge >= 0.3 is 0 Å². The Kier molecular flexibility index (Phi) is 3.27. The molecule has 90 valence electrons. The van der Waals surface area contributed by atoms with Crippen LogP contribution in [0.3, 0.4) is 0 Å². The second-order valence-corrected chi connectivity index (χ2v) is 4.49. The van der Waals surface area contributed by atoms with Crippen LogP contribution in [0.4, 0.5) is 4.39 Å². The molecule has 17 heavy (non-hydrogen) atoms. The number of carbonyl (C=O) groups excluding carboxylic acids is 1. The zero-order valence-corrected chi connectivity index (χ0v) is 9.92. The second kappa shape index (κ2) is 4.70. The van der Waals surface area contributed by atoms with Gasteiger partial charge in [-0.15, -0.1) is 0 Å². The summed E-state index contributed by atoms with van der Waals surface area (Å²) in [7, 11) is 0. The van der Waals surface area contributed by atoms with Gasteiger partial charge in [0, 0.05) is 6.04 Å². The first-order valence-electron chi connectivity index (χ1n) is 5.85. The molecule has 1 aliphatic rings. The molecule has 0 atom stereocenters. The molecule has 0 bridgehead atoms. The third-order valence-electron chi connectivity index (χ3n) is 3.26. The molecule has 1 aromatic carbocycles. The van der Waals surface area contributed by atoms with Crippen molar-refractivity contribution < 1.29 is 9.18 Å². The van der Waals surface area contributed by atoms with Crippen molar-refractivity contribution in [1.82, 2.24) is 5.32 Å². The number of hydrogen-bond acceptors (Lipinski definition) is 1. The van der Waals surface area contributed by atoms with Crippen LogP contribution in [0.5, 0.6) is 0 Å². The van der Waals surface area contributed by atoms with E-state index in [0.717, 1.165) is 30.4 Å². The average molecular weight is 233 g/mol. The monoisotopic (exact) mass is 233 g/mol. The molecule has 0 heterocycles. The van der Waals surface area contributed by atoms with Crippen LogP contribution >= 0.6 is 0 Å². The first-order valence-corrected chi connectivity index (χ1v) is 5.85. The van der Waals surface area contributed by atoms with Crippen LogP contribution in [-0.2, 0) is 0 Å². The lowest BCUT2D eigenvalue weighted by atomic mass is 9.92. The van der Waals surface area contributed by atoms with E-state index in [-0.39, 0.29) is 17.5 Å². The summed E-state index contributed by atoms with van der Waals surface area (Å²) in [5.74, 6) is -0.791. The fourth-order valence-corrected chi connectivity index (χ4v) is 1.90. The lowest BCUT2D eigenvalue weighted by molar-refractivity contribution is 0.0913. The maximum absolute atomic E-state index is 13.7. The Hall–Kier alpha value is -1.64. The molecular formula is C14H16FNO. The van der Waals surface area contributed by atoms with Crippen LogP contribution in [0.2, 0.25) is 0 Å². The van der Waals surface area contributed by atoms with Crippen molar-refractivity contribution in [2.45, 2.75) is 32.2 Å². The largest absolute Gasteiger partial charge is 0.349 e. The molecule has 0 saturated heterocycles. The van der Waals surface area contributed by atoms with E-state index in [0.29, 0.717) is 0 Å². The number of aryl methyl sites for hydroxylation is 1. The molecule has 3 heteroatoms. The quantitative estimate of drug-likeness (QED) is 0.854. The summed E-state index contributed by atoms with van der Waals surface area (Å²) in [6.45, 7) is 5.46. The van der Waals surface area contributed by atoms with Crippen molar-refractivity contribution in [2.24, 2.45) is 0 Å². The molecule has 1 saturated carbocycles. The van der Waals surface area contributed by atoms with Crippen molar-refractivity contribution in [3.63, 3.8) is 0 Å². The minimum Gasteiger partial charge on any atom is -0.349 e. The van der Waals surface area contributed by atoms with E-state index >= 15 is 0 Å². The molecule has 0 aromatic heterocycles. The Bertz CT molecular complexity index is 464. The van der Waals surface area contributed by atoms with Gasteiger partial charge in [0.15, 0.2) is 0 Å². The molecule has 1 aliphatic carbocycles. The van der Waals surface area contributed by atoms with Gasteiger partial charge in [0.25, 0.3) is 5.91 Å². The van der Waals surface area contributed by atoms with Gasteiger partial charge in [0.1, 0.15) is 5.82 Å². The van der Waals surface area contributed by atoms with Gasteiger partial charge in [-0.1, -0.05) is 12.7 Å². The zero-order chi connectivity index (χ0) is 12.4. The minimum atomic E-state index is -0.468. The van der Waals surface area contributed by atoms with Gasteiger partial charge < -0.3 is 5.32 Å². The van der Waals surface area contributed by atoms with Crippen molar-refractivity contribution >= 4 is 12.0 Å². The Balaban J connectivity index is 2.23. The normalized spacial score (nSPS) is 15.2. The Labute approximate surface area is 101 Å². The highest BCUT2D eigenvalue weighted by Gasteiger charge is 2.22. The van der Waals surface area contributed by atoms with E-state index in [1.54, 1.807) is 19.1 Å². The molecule has 1 amide bonds. The average Bonchev–Trinajstić information content (AvgIpc) is 2.23. The second-order valence-electron chi connectivity index (χ2n) is 4.49. The third-order valence-corrected chi connectivity index (χ3v) is 3.26. The first-order chi connectivity index (χ1) is 8.11. The predicted octanol–water partition coefficient (Wildman–Crippen LogP) is 3.06. The molecule has 1 fully saturated rings. The highest BCUT2D eigenvalue weighted by molar-refractivity contribution is 5.95. The summed E-state index contributed by atoms with van der Waals surface area (Å²) in [6, 6.07) is 3.16. The van der Waals surface area contributed by atoms with Crippen LogP contribution in [0.1, 0.15) is 40.7 Å². The summed E-state index contributed by atoms with van der Waals surface area (Å²) in [5.41, 5.74) is 1.69. The highest BCUT2D eigenvalue weighted by Crippen LogP contribution is 2.20. The predicted molar refractivity (Wildman–Crippen MR) is 66.3 cm³/mol. The fourth-order valence-electron chi connectivity index (χ4n) is 1.90. The van der Waals surface area contributed by atoms with Gasteiger partial charge in [0.05, 0.1) is 5.56 Å². The van der Waals surface area contributed by atoms with Gasteiger partial charge in [-0.3, -0.25) is 4.79 Å². The van der Waals surface area contributed by atoms with Gasteiger partial charge in [-0.05, 0) is 49.4 Å². The number of rotatable bonds is 3. The van der Waals surface area contributed by atoms with Crippen LogP contribution in [0.15, 0.2) is 18.7 Å². The Morgan fingerprint density at radius 3 is 2.76 bits per heavy atom. The molecule has 1 N–H and O–H groups in total. The van der Waals surface area contributed by atoms with Gasteiger partial charge in [0.2, 0.25) is 0 Å². The molecular weight excluding hydrogens is 217 g/mol. The molecule has 0 spiro atoms. The molecule has 0 aliphatic heterocycles. The fraction of sp³-hybridized carbons (Fsp3) is 0.357. The molecule has 0 radical (unpaired) electrons.